The number of benzene rings is 2. The van der Waals surface area contributed by atoms with E-state index in [0.29, 0.717) is 5.57 Å². The Morgan fingerprint density at radius 2 is 1.82 bits per heavy atom. The molecule has 33 heavy (non-hydrogen) atoms. The summed E-state index contributed by atoms with van der Waals surface area (Å²) < 4.78 is 10.6. The molecule has 0 aliphatic carbocycles. The number of ether oxygens (including phenoxy) is 2. The molecule has 1 N–H and O–H groups in total. The molecule has 2 aromatic rings. The fraction of sp³-hybridized carbons (Fsp3) is 0.292. The molecule has 1 fully saturated rings. The van der Waals surface area contributed by atoms with Crippen LogP contribution in [0, 0.1) is 0 Å². The first-order valence-electron chi connectivity index (χ1n) is 10.4. The van der Waals surface area contributed by atoms with Gasteiger partial charge >= 0.3 is 5.97 Å². The van der Waals surface area contributed by atoms with Crippen molar-refractivity contribution < 1.29 is 23.9 Å². The number of alkyl halides is 1. The number of esters is 1. The Hall–Kier alpha value is -2.97. The van der Waals surface area contributed by atoms with Crippen LogP contribution in [0.1, 0.15) is 11.1 Å². The number of halogens is 1. The van der Waals surface area contributed by atoms with Gasteiger partial charge in [-0.3, -0.25) is 14.4 Å². The number of hydrogen-bond acceptors (Lipinski definition) is 6. The van der Waals surface area contributed by atoms with Crippen LogP contribution in [0.3, 0.4) is 0 Å². The predicted molar refractivity (Wildman–Crippen MR) is 126 cm³/mol. The number of thioether (sulfide) groups is 1. The van der Waals surface area contributed by atoms with Gasteiger partial charge in [-0.25, -0.2) is 0 Å². The van der Waals surface area contributed by atoms with E-state index in [-0.39, 0.29) is 36.1 Å². The first-order chi connectivity index (χ1) is 16.0. The van der Waals surface area contributed by atoms with E-state index in [1.807, 2.05) is 42.5 Å². The fourth-order valence-corrected chi connectivity index (χ4v) is 5.37. The monoisotopic (exact) mass is 486 g/mol. The number of carbonyl (C=O) groups is 3. The van der Waals surface area contributed by atoms with Gasteiger partial charge in [0.15, 0.2) is 0 Å². The molecule has 172 valence electrons. The van der Waals surface area contributed by atoms with Gasteiger partial charge in [-0.05, 0) is 28.8 Å². The maximum absolute atomic E-state index is 12.8. The van der Waals surface area contributed by atoms with Crippen LogP contribution in [-0.2, 0) is 32.1 Å². The molecule has 2 heterocycles. The molecule has 2 aliphatic rings. The third-order valence-corrected chi connectivity index (χ3v) is 7.28. The number of amides is 2. The maximum atomic E-state index is 12.8. The summed E-state index contributed by atoms with van der Waals surface area (Å²) in [5.74, 6) is -0.0878. The Balaban J connectivity index is 1.38. The van der Waals surface area contributed by atoms with E-state index in [9.17, 15) is 14.4 Å². The maximum Gasteiger partial charge on any atom is 0.323 e. The fourth-order valence-electron chi connectivity index (χ4n) is 3.64. The van der Waals surface area contributed by atoms with E-state index in [2.05, 4.69) is 5.32 Å². The van der Waals surface area contributed by atoms with E-state index in [0.717, 1.165) is 16.9 Å². The molecule has 2 aromatic carbocycles. The first-order valence-corrected chi connectivity index (χ1v) is 11.8. The van der Waals surface area contributed by atoms with Gasteiger partial charge in [-0.15, -0.1) is 23.4 Å². The van der Waals surface area contributed by atoms with Crippen LogP contribution in [0.2, 0.25) is 0 Å². The number of fused-ring (bicyclic) bond motifs is 1. The minimum atomic E-state index is -0.698. The van der Waals surface area contributed by atoms with Crippen molar-refractivity contribution in [1.82, 2.24) is 10.2 Å². The van der Waals surface area contributed by atoms with Gasteiger partial charge in [0.1, 0.15) is 29.0 Å². The summed E-state index contributed by atoms with van der Waals surface area (Å²) in [7, 11) is 1.58. The van der Waals surface area contributed by atoms with Crippen LogP contribution in [0.25, 0.3) is 0 Å². The molecule has 0 saturated carbocycles. The van der Waals surface area contributed by atoms with Gasteiger partial charge in [-0.1, -0.05) is 42.5 Å². The second-order valence-corrected chi connectivity index (χ2v) is 9.15. The lowest BCUT2D eigenvalue weighted by molar-refractivity contribution is -0.146. The molecule has 9 heteroatoms. The molecular formula is C24H23ClN2O5S. The Labute approximate surface area is 201 Å². The van der Waals surface area contributed by atoms with Crippen molar-refractivity contribution in [3.05, 3.63) is 77.5 Å². The van der Waals surface area contributed by atoms with Crippen molar-refractivity contribution in [2.45, 2.75) is 29.7 Å². The summed E-state index contributed by atoms with van der Waals surface area (Å²) in [4.78, 5) is 39.4. The zero-order valence-electron chi connectivity index (χ0n) is 17.9. The summed E-state index contributed by atoms with van der Waals surface area (Å²) >= 11 is 7.32. The molecule has 1 saturated heterocycles. The Bertz CT molecular complexity index is 1060. The van der Waals surface area contributed by atoms with Crippen LogP contribution in [0.15, 0.2) is 66.4 Å². The SMILES string of the molecule is COc1ccc(COC(=O)C2S[C@@H]3C(NC(=O)Cc4ccccc4)C(=O)N3C=C2CCl)cc1. The van der Waals surface area contributed by atoms with Crippen LogP contribution >= 0.6 is 23.4 Å². The van der Waals surface area contributed by atoms with Crippen LogP contribution in [0.5, 0.6) is 5.75 Å². The highest BCUT2D eigenvalue weighted by Gasteiger charge is 2.52. The van der Waals surface area contributed by atoms with E-state index in [1.54, 1.807) is 25.4 Å². The zero-order chi connectivity index (χ0) is 23.4. The average Bonchev–Trinajstić information content (AvgIpc) is 2.85. The number of nitrogens with one attached hydrogen (secondary N) is 1. The second-order valence-electron chi connectivity index (χ2n) is 7.65. The molecule has 0 aromatic heterocycles. The second kappa shape index (κ2) is 10.3. The number of rotatable bonds is 8. The average molecular weight is 487 g/mol. The lowest BCUT2D eigenvalue weighted by Crippen LogP contribution is -2.69. The molecule has 0 bridgehead atoms. The number of nitrogens with zero attached hydrogens (tertiary/aromatic N) is 1. The molecule has 3 atom stereocenters. The predicted octanol–water partition coefficient (Wildman–Crippen LogP) is 2.87. The molecule has 2 aliphatic heterocycles. The van der Waals surface area contributed by atoms with Gasteiger partial charge in [0, 0.05) is 12.1 Å². The first kappa shape index (κ1) is 23.2. The van der Waals surface area contributed by atoms with Crippen LogP contribution in [-0.4, -0.2) is 52.3 Å². The van der Waals surface area contributed by atoms with E-state index >= 15 is 0 Å². The smallest absolute Gasteiger partial charge is 0.323 e. The lowest BCUT2D eigenvalue weighted by atomic mass is 10.0. The Morgan fingerprint density at radius 1 is 1.09 bits per heavy atom. The molecular weight excluding hydrogens is 464 g/mol. The van der Waals surface area contributed by atoms with Crippen molar-refractivity contribution in [2.75, 3.05) is 13.0 Å². The summed E-state index contributed by atoms with van der Waals surface area (Å²) in [5.41, 5.74) is 2.28. The van der Waals surface area contributed by atoms with Crippen LogP contribution < -0.4 is 10.1 Å². The number of carbonyl (C=O) groups excluding carboxylic acids is 3. The molecule has 4 rings (SSSR count). The van der Waals surface area contributed by atoms with E-state index in [1.165, 1.54) is 16.7 Å². The standard InChI is InChI=1S/C24H23ClN2O5S/c1-31-18-9-7-16(8-10-18)14-32-24(30)21-17(12-25)13-27-22(29)20(23(27)33-21)26-19(28)11-15-5-3-2-4-6-15/h2-10,13,20-21,23H,11-12,14H2,1H3,(H,26,28)/t20?,21?,23-/m1/s1. The molecule has 0 radical (unpaired) electrons. The zero-order valence-corrected chi connectivity index (χ0v) is 19.5. The Morgan fingerprint density at radius 3 is 2.48 bits per heavy atom. The van der Waals surface area contributed by atoms with Gasteiger partial charge in [0.2, 0.25) is 5.91 Å². The molecule has 2 unspecified atom stereocenters. The van der Waals surface area contributed by atoms with Gasteiger partial charge < -0.3 is 19.7 Å². The van der Waals surface area contributed by atoms with Crippen LogP contribution in [0.4, 0.5) is 0 Å². The largest absolute Gasteiger partial charge is 0.497 e. The minimum Gasteiger partial charge on any atom is -0.497 e. The Kier molecular flexibility index (Phi) is 7.25. The lowest BCUT2D eigenvalue weighted by Gasteiger charge is -2.48. The van der Waals surface area contributed by atoms with E-state index < -0.39 is 17.3 Å². The number of β-lactam (4-membered cyclic amide) rings is 1. The van der Waals surface area contributed by atoms with Crippen molar-refractivity contribution in [3.63, 3.8) is 0 Å². The molecule has 0 spiro atoms. The summed E-state index contributed by atoms with van der Waals surface area (Å²) in [6, 6.07) is 15.8. The van der Waals surface area contributed by atoms with Gasteiger partial charge in [0.25, 0.3) is 5.91 Å². The third-order valence-electron chi connectivity index (χ3n) is 5.43. The van der Waals surface area contributed by atoms with Crippen molar-refractivity contribution >= 4 is 41.1 Å². The molecule has 7 nitrogen and oxygen atoms in total. The van der Waals surface area contributed by atoms with Crippen molar-refractivity contribution in [3.8, 4) is 5.75 Å². The van der Waals surface area contributed by atoms with E-state index in [4.69, 9.17) is 21.1 Å². The third kappa shape index (κ3) is 5.17. The highest BCUT2D eigenvalue weighted by atomic mass is 35.5. The highest BCUT2D eigenvalue weighted by Crippen LogP contribution is 2.41. The minimum absolute atomic E-state index is 0.0941. The highest BCUT2D eigenvalue weighted by molar-refractivity contribution is 8.01. The van der Waals surface area contributed by atoms with Gasteiger partial charge in [0.05, 0.1) is 13.5 Å². The van der Waals surface area contributed by atoms with Crippen molar-refractivity contribution in [2.24, 2.45) is 0 Å². The molecule has 2 amide bonds. The number of hydrogen-bond donors (Lipinski definition) is 1. The topological polar surface area (TPSA) is 84.9 Å². The summed E-state index contributed by atoms with van der Waals surface area (Å²) in [5, 5.41) is 1.76. The normalized spacial score (nSPS) is 21.4. The van der Waals surface area contributed by atoms with Gasteiger partial charge in [-0.2, -0.15) is 0 Å². The quantitative estimate of drug-likeness (QED) is 0.351. The number of methoxy groups -OCH3 is 1. The van der Waals surface area contributed by atoms with Crippen molar-refractivity contribution in [1.29, 1.82) is 0 Å². The summed E-state index contributed by atoms with van der Waals surface area (Å²) in [6.07, 6.45) is 1.79. The summed E-state index contributed by atoms with van der Waals surface area (Å²) in [6.45, 7) is 0.111.